The molecule has 0 saturated carbocycles. The lowest BCUT2D eigenvalue weighted by Gasteiger charge is -2.21. The lowest BCUT2D eigenvalue weighted by molar-refractivity contribution is 0.171. The first kappa shape index (κ1) is 13.9. The number of fused-ring (bicyclic) bond motifs is 1. The average molecular weight is 288 g/mol. The van der Waals surface area contributed by atoms with Crippen molar-refractivity contribution in [2.24, 2.45) is 0 Å². The van der Waals surface area contributed by atoms with Crippen LogP contribution in [0.5, 0.6) is 11.5 Å². The van der Waals surface area contributed by atoms with Gasteiger partial charge in [0, 0.05) is 12.5 Å². The van der Waals surface area contributed by atoms with Gasteiger partial charge >= 0.3 is 0 Å². The van der Waals surface area contributed by atoms with E-state index in [1.165, 1.54) is 5.56 Å². The topological polar surface area (TPSA) is 72.1 Å². The second kappa shape index (κ2) is 6.58. The Labute approximate surface area is 123 Å². The normalized spacial score (nSPS) is 14.9. The number of benzene rings is 1. The van der Waals surface area contributed by atoms with Gasteiger partial charge in [0.25, 0.3) is 0 Å². The van der Waals surface area contributed by atoms with Crippen molar-refractivity contribution in [2.45, 2.75) is 25.8 Å². The molecule has 0 aliphatic carbocycles. The number of H-pyrrole nitrogens is 1. The van der Waals surface area contributed by atoms with Crippen molar-refractivity contribution in [3.63, 3.8) is 0 Å². The van der Waals surface area contributed by atoms with Crippen molar-refractivity contribution < 1.29 is 9.47 Å². The highest BCUT2D eigenvalue weighted by Gasteiger charge is 2.14. The van der Waals surface area contributed by atoms with Crippen LogP contribution in [-0.4, -0.2) is 34.9 Å². The largest absolute Gasteiger partial charge is 0.486 e. The smallest absolute Gasteiger partial charge is 0.161 e. The molecule has 0 spiro atoms. The van der Waals surface area contributed by atoms with Gasteiger partial charge in [-0.3, -0.25) is 5.10 Å². The van der Waals surface area contributed by atoms with Gasteiger partial charge in [0.2, 0.25) is 0 Å². The fourth-order valence-electron chi connectivity index (χ4n) is 2.37. The van der Waals surface area contributed by atoms with E-state index >= 15 is 0 Å². The van der Waals surface area contributed by atoms with Gasteiger partial charge < -0.3 is 14.8 Å². The summed E-state index contributed by atoms with van der Waals surface area (Å²) in [4.78, 5) is 4.11. The minimum Gasteiger partial charge on any atom is -0.486 e. The summed E-state index contributed by atoms with van der Waals surface area (Å²) < 4.78 is 11.2. The molecule has 0 amide bonds. The first-order valence-corrected chi connectivity index (χ1v) is 7.30. The minimum absolute atomic E-state index is 0.274. The zero-order chi connectivity index (χ0) is 14.5. The second-order valence-electron chi connectivity index (χ2n) is 5.11. The van der Waals surface area contributed by atoms with Crippen LogP contribution in [0.15, 0.2) is 24.5 Å². The van der Waals surface area contributed by atoms with Crippen LogP contribution in [0.2, 0.25) is 0 Å². The van der Waals surface area contributed by atoms with Crippen molar-refractivity contribution >= 4 is 0 Å². The molecule has 0 bridgehead atoms. The van der Waals surface area contributed by atoms with Crippen molar-refractivity contribution in [1.82, 2.24) is 20.5 Å². The molecule has 2 aromatic rings. The Balaban J connectivity index is 1.49. The molecule has 0 saturated heterocycles. The molecule has 6 nitrogen and oxygen atoms in total. The molecule has 1 atom stereocenters. The van der Waals surface area contributed by atoms with Crippen molar-refractivity contribution in [3.8, 4) is 11.5 Å². The maximum atomic E-state index is 5.62. The average Bonchev–Trinajstić information content (AvgIpc) is 3.04. The molecule has 1 aromatic heterocycles. The van der Waals surface area contributed by atoms with E-state index in [0.29, 0.717) is 13.2 Å². The van der Waals surface area contributed by atoms with E-state index in [0.717, 1.165) is 36.7 Å². The summed E-state index contributed by atoms with van der Waals surface area (Å²) >= 11 is 0. The Bertz CT molecular complexity index is 571. The van der Waals surface area contributed by atoms with Crippen LogP contribution < -0.4 is 14.8 Å². The lowest BCUT2D eigenvalue weighted by atomic mass is 10.1. The third kappa shape index (κ3) is 3.52. The van der Waals surface area contributed by atoms with E-state index in [4.69, 9.17) is 9.47 Å². The van der Waals surface area contributed by atoms with Crippen molar-refractivity contribution in [1.29, 1.82) is 0 Å². The number of aryl methyl sites for hydroxylation is 1. The Morgan fingerprint density at radius 3 is 2.95 bits per heavy atom. The lowest BCUT2D eigenvalue weighted by Crippen LogP contribution is -2.21. The van der Waals surface area contributed by atoms with Gasteiger partial charge in [-0.25, -0.2) is 4.98 Å². The molecule has 3 rings (SSSR count). The molecule has 1 aliphatic rings. The number of aromatic amines is 1. The van der Waals surface area contributed by atoms with Gasteiger partial charge in [0.1, 0.15) is 25.4 Å². The summed E-state index contributed by atoms with van der Waals surface area (Å²) in [6.45, 7) is 4.33. The Morgan fingerprint density at radius 2 is 2.14 bits per heavy atom. The number of nitrogens with zero attached hydrogens (tertiary/aromatic N) is 2. The van der Waals surface area contributed by atoms with Crippen molar-refractivity contribution in [3.05, 3.63) is 35.9 Å². The van der Waals surface area contributed by atoms with E-state index in [2.05, 4.69) is 39.6 Å². The number of ether oxygens (including phenoxy) is 2. The van der Waals surface area contributed by atoms with Crippen molar-refractivity contribution in [2.75, 3.05) is 19.8 Å². The summed E-state index contributed by atoms with van der Waals surface area (Å²) in [6.07, 6.45) is 3.46. The molecule has 1 aliphatic heterocycles. The highest BCUT2D eigenvalue weighted by molar-refractivity contribution is 5.44. The molecule has 6 heteroatoms. The monoisotopic (exact) mass is 288 g/mol. The molecule has 0 fully saturated rings. The summed E-state index contributed by atoms with van der Waals surface area (Å²) in [6, 6.07) is 6.40. The molecular weight excluding hydrogens is 268 g/mol. The number of nitrogens with one attached hydrogen (secondary N) is 2. The highest BCUT2D eigenvalue weighted by Crippen LogP contribution is 2.32. The number of rotatable bonds is 6. The molecule has 1 unspecified atom stereocenters. The first-order valence-electron chi connectivity index (χ1n) is 7.30. The molecular formula is C15H20N4O2. The molecule has 112 valence electrons. The van der Waals surface area contributed by atoms with Crippen LogP contribution in [-0.2, 0) is 6.42 Å². The van der Waals surface area contributed by atoms with E-state index in [1.807, 2.05) is 6.07 Å². The first-order chi connectivity index (χ1) is 10.3. The number of aromatic nitrogens is 3. The van der Waals surface area contributed by atoms with Crippen LogP contribution >= 0.6 is 0 Å². The fraction of sp³-hybridized carbons (Fsp3) is 0.467. The predicted molar refractivity (Wildman–Crippen MR) is 78.6 cm³/mol. The molecule has 1 aromatic carbocycles. The van der Waals surface area contributed by atoms with E-state index in [9.17, 15) is 0 Å². The standard InChI is InChI=1S/C15H20N4O2/c1-11(16-6-2-3-15-17-10-18-19-15)12-4-5-13-14(9-12)21-8-7-20-13/h4-5,9-11,16H,2-3,6-8H2,1H3,(H,17,18,19). The third-order valence-corrected chi connectivity index (χ3v) is 3.57. The van der Waals surface area contributed by atoms with E-state index < -0.39 is 0 Å². The highest BCUT2D eigenvalue weighted by atomic mass is 16.6. The van der Waals surface area contributed by atoms with E-state index in [1.54, 1.807) is 6.33 Å². The van der Waals surface area contributed by atoms with E-state index in [-0.39, 0.29) is 6.04 Å². The number of hydrogen-bond donors (Lipinski definition) is 2. The molecule has 2 heterocycles. The van der Waals surface area contributed by atoms with Crippen LogP contribution in [0.1, 0.15) is 30.8 Å². The van der Waals surface area contributed by atoms with Gasteiger partial charge in [-0.15, -0.1) is 0 Å². The van der Waals surface area contributed by atoms with Crippen LogP contribution in [0.25, 0.3) is 0 Å². The Morgan fingerprint density at radius 1 is 1.29 bits per heavy atom. The summed E-state index contributed by atoms with van der Waals surface area (Å²) in [7, 11) is 0. The molecule has 21 heavy (non-hydrogen) atoms. The van der Waals surface area contributed by atoms with Crippen LogP contribution in [0.3, 0.4) is 0 Å². The van der Waals surface area contributed by atoms with Gasteiger partial charge in [-0.05, 0) is 37.6 Å². The second-order valence-corrected chi connectivity index (χ2v) is 5.11. The molecule has 0 radical (unpaired) electrons. The zero-order valence-corrected chi connectivity index (χ0v) is 12.1. The maximum absolute atomic E-state index is 5.62. The van der Waals surface area contributed by atoms with Gasteiger partial charge in [0.05, 0.1) is 0 Å². The quantitative estimate of drug-likeness (QED) is 0.794. The van der Waals surface area contributed by atoms with Crippen LogP contribution in [0.4, 0.5) is 0 Å². The van der Waals surface area contributed by atoms with Gasteiger partial charge in [0.15, 0.2) is 11.5 Å². The summed E-state index contributed by atoms with van der Waals surface area (Å²) in [5.74, 6) is 2.61. The zero-order valence-electron chi connectivity index (χ0n) is 12.1. The fourth-order valence-corrected chi connectivity index (χ4v) is 2.37. The summed E-state index contributed by atoms with van der Waals surface area (Å²) in [5.41, 5.74) is 1.21. The van der Waals surface area contributed by atoms with Gasteiger partial charge in [-0.1, -0.05) is 6.07 Å². The Kier molecular flexibility index (Phi) is 4.35. The predicted octanol–water partition coefficient (Wildman–Crippen LogP) is 1.86. The Hall–Kier alpha value is -2.08. The summed E-state index contributed by atoms with van der Waals surface area (Å²) in [5, 5.41) is 10.2. The molecule has 2 N–H and O–H groups in total. The maximum Gasteiger partial charge on any atom is 0.161 e. The minimum atomic E-state index is 0.274. The number of hydrogen-bond acceptors (Lipinski definition) is 5. The third-order valence-electron chi connectivity index (χ3n) is 3.57. The van der Waals surface area contributed by atoms with Gasteiger partial charge in [-0.2, -0.15) is 5.10 Å². The SMILES string of the molecule is CC(NCCCc1ncn[nH]1)c1ccc2c(c1)OCCO2. The van der Waals surface area contributed by atoms with Crippen LogP contribution in [0, 0.1) is 0 Å².